The largest absolute Gasteiger partial charge is 0.497 e. The first-order valence-corrected chi connectivity index (χ1v) is 6.12. The van der Waals surface area contributed by atoms with Crippen LogP contribution in [0.2, 0.25) is 0 Å². The molecule has 0 heterocycles. The number of rotatable bonds is 5. The molecule has 0 saturated carbocycles. The highest BCUT2D eigenvalue weighted by Gasteiger charge is 2.18. The molecule has 4 nitrogen and oxygen atoms in total. The molecule has 0 spiro atoms. The van der Waals surface area contributed by atoms with E-state index in [0.29, 0.717) is 5.75 Å². The highest BCUT2D eigenvalue weighted by Crippen LogP contribution is 2.18. The van der Waals surface area contributed by atoms with Gasteiger partial charge in [-0.05, 0) is 36.4 Å². The van der Waals surface area contributed by atoms with Crippen LogP contribution in [-0.2, 0) is 6.61 Å². The lowest BCUT2D eigenvalue weighted by atomic mass is 9.79. The fraction of sp³-hybridized carbons (Fsp3) is 0.143. The molecule has 0 aliphatic carbocycles. The monoisotopic (exact) mass is 294 g/mol. The first-order valence-electron chi connectivity index (χ1n) is 6.12. The fourth-order valence-electron chi connectivity index (χ4n) is 1.80. The van der Waals surface area contributed by atoms with Crippen LogP contribution in [0, 0.1) is 11.6 Å². The maximum absolute atomic E-state index is 13.5. The summed E-state index contributed by atoms with van der Waals surface area (Å²) in [5, 5.41) is 18.6. The Balaban J connectivity index is 2.21. The average Bonchev–Trinajstić information content (AvgIpc) is 2.48. The Morgan fingerprint density at radius 3 is 2.52 bits per heavy atom. The molecule has 2 N–H and O–H groups in total. The van der Waals surface area contributed by atoms with E-state index < -0.39 is 18.8 Å². The fourth-order valence-corrected chi connectivity index (χ4v) is 1.80. The van der Waals surface area contributed by atoms with Gasteiger partial charge in [0.1, 0.15) is 29.7 Å². The highest BCUT2D eigenvalue weighted by molar-refractivity contribution is 6.59. The SMILES string of the molecule is COc1ccc(OCc2cc(F)ccc2F)c(B(O)O)c1. The van der Waals surface area contributed by atoms with E-state index >= 15 is 0 Å². The topological polar surface area (TPSA) is 58.9 Å². The molecule has 110 valence electrons. The number of hydrogen-bond acceptors (Lipinski definition) is 4. The van der Waals surface area contributed by atoms with Crippen LogP contribution < -0.4 is 14.9 Å². The highest BCUT2D eigenvalue weighted by atomic mass is 19.1. The summed E-state index contributed by atoms with van der Waals surface area (Å²) >= 11 is 0. The lowest BCUT2D eigenvalue weighted by molar-refractivity contribution is 0.299. The molecule has 0 radical (unpaired) electrons. The Bertz CT molecular complexity index is 634. The van der Waals surface area contributed by atoms with Crippen LogP contribution in [0.1, 0.15) is 5.56 Å². The summed E-state index contributed by atoms with van der Waals surface area (Å²) in [7, 11) is -0.335. The molecule has 0 amide bonds. The van der Waals surface area contributed by atoms with E-state index in [1.807, 2.05) is 0 Å². The van der Waals surface area contributed by atoms with Crippen LogP contribution in [0.4, 0.5) is 8.78 Å². The predicted octanol–water partition coefficient (Wildman–Crippen LogP) is 1.23. The van der Waals surface area contributed by atoms with Crippen LogP contribution in [0.5, 0.6) is 11.5 Å². The van der Waals surface area contributed by atoms with Crippen molar-refractivity contribution in [1.82, 2.24) is 0 Å². The number of ether oxygens (including phenoxy) is 2. The third kappa shape index (κ3) is 3.71. The van der Waals surface area contributed by atoms with Crippen LogP contribution >= 0.6 is 0 Å². The molecule has 0 fully saturated rings. The van der Waals surface area contributed by atoms with Gasteiger partial charge in [-0.3, -0.25) is 0 Å². The molecule has 0 saturated heterocycles. The Kier molecular flexibility index (Phi) is 4.77. The number of methoxy groups -OCH3 is 1. The van der Waals surface area contributed by atoms with E-state index in [4.69, 9.17) is 9.47 Å². The van der Waals surface area contributed by atoms with Crippen molar-refractivity contribution in [1.29, 1.82) is 0 Å². The summed E-state index contributed by atoms with van der Waals surface area (Å²) in [6, 6.07) is 7.45. The van der Waals surface area contributed by atoms with Gasteiger partial charge in [-0.1, -0.05) is 0 Å². The van der Waals surface area contributed by atoms with E-state index in [2.05, 4.69) is 0 Å². The normalized spacial score (nSPS) is 10.3. The van der Waals surface area contributed by atoms with Crippen molar-refractivity contribution in [2.45, 2.75) is 6.61 Å². The Hall–Kier alpha value is -2.12. The van der Waals surface area contributed by atoms with Gasteiger partial charge in [0, 0.05) is 11.0 Å². The molecule has 2 rings (SSSR count). The van der Waals surface area contributed by atoms with Crippen LogP contribution in [0.15, 0.2) is 36.4 Å². The van der Waals surface area contributed by atoms with Gasteiger partial charge in [-0.2, -0.15) is 0 Å². The molecule has 2 aromatic carbocycles. The molecule has 0 unspecified atom stereocenters. The summed E-state index contributed by atoms with van der Waals surface area (Å²) in [6.45, 7) is -0.240. The van der Waals surface area contributed by atoms with Gasteiger partial charge in [0.05, 0.1) is 7.11 Å². The molecule has 7 heteroatoms. The summed E-state index contributed by atoms with van der Waals surface area (Å²) < 4.78 is 36.9. The van der Waals surface area contributed by atoms with Gasteiger partial charge < -0.3 is 19.5 Å². The van der Waals surface area contributed by atoms with E-state index in [1.54, 1.807) is 6.07 Å². The number of hydrogen-bond donors (Lipinski definition) is 2. The molecule has 0 bridgehead atoms. The van der Waals surface area contributed by atoms with Crippen molar-refractivity contribution in [3.63, 3.8) is 0 Å². The summed E-state index contributed by atoms with van der Waals surface area (Å²) in [5.41, 5.74) is 0.107. The Morgan fingerprint density at radius 2 is 1.86 bits per heavy atom. The minimum atomic E-state index is -1.77. The lowest BCUT2D eigenvalue weighted by Gasteiger charge is -2.13. The van der Waals surface area contributed by atoms with E-state index in [9.17, 15) is 18.8 Å². The van der Waals surface area contributed by atoms with E-state index in [1.165, 1.54) is 19.2 Å². The van der Waals surface area contributed by atoms with Gasteiger partial charge in [0.15, 0.2) is 0 Å². The molecule has 21 heavy (non-hydrogen) atoms. The zero-order chi connectivity index (χ0) is 15.4. The molecule has 0 aromatic heterocycles. The van der Waals surface area contributed by atoms with Crippen molar-refractivity contribution in [3.05, 3.63) is 53.6 Å². The van der Waals surface area contributed by atoms with E-state index in [0.717, 1.165) is 18.2 Å². The third-order valence-electron chi connectivity index (χ3n) is 2.89. The maximum atomic E-state index is 13.5. The number of benzene rings is 2. The molecule has 0 aliphatic rings. The second-order valence-corrected chi connectivity index (χ2v) is 4.30. The van der Waals surface area contributed by atoms with Crippen LogP contribution in [-0.4, -0.2) is 24.3 Å². The molecular formula is C14H13BF2O4. The van der Waals surface area contributed by atoms with Crippen molar-refractivity contribution < 1.29 is 28.3 Å². The lowest BCUT2D eigenvalue weighted by Crippen LogP contribution is -2.31. The van der Waals surface area contributed by atoms with Crippen LogP contribution in [0.3, 0.4) is 0 Å². The average molecular weight is 294 g/mol. The van der Waals surface area contributed by atoms with Gasteiger partial charge in [0.2, 0.25) is 0 Å². The molecule has 2 aromatic rings. The maximum Gasteiger partial charge on any atom is 0.492 e. The predicted molar refractivity (Wildman–Crippen MR) is 73.5 cm³/mol. The first kappa shape index (κ1) is 15.3. The molecule has 0 atom stereocenters. The summed E-state index contributed by atoms with van der Waals surface area (Å²) in [6.07, 6.45) is 0. The first-order chi connectivity index (χ1) is 10.0. The van der Waals surface area contributed by atoms with Crippen molar-refractivity contribution in [3.8, 4) is 11.5 Å². The summed E-state index contributed by atoms with van der Waals surface area (Å²) in [5.74, 6) is -0.611. The minimum absolute atomic E-state index is 0.0317. The Labute approximate surface area is 120 Å². The van der Waals surface area contributed by atoms with Gasteiger partial charge in [-0.25, -0.2) is 8.78 Å². The Morgan fingerprint density at radius 1 is 1.10 bits per heavy atom. The third-order valence-corrected chi connectivity index (χ3v) is 2.89. The smallest absolute Gasteiger partial charge is 0.492 e. The van der Waals surface area contributed by atoms with Crippen molar-refractivity contribution in [2.75, 3.05) is 7.11 Å². The number of halogens is 2. The minimum Gasteiger partial charge on any atom is -0.497 e. The van der Waals surface area contributed by atoms with Crippen molar-refractivity contribution in [2.24, 2.45) is 0 Å². The zero-order valence-electron chi connectivity index (χ0n) is 11.2. The van der Waals surface area contributed by atoms with Crippen molar-refractivity contribution >= 4 is 12.6 Å². The molecular weight excluding hydrogens is 281 g/mol. The van der Waals surface area contributed by atoms with Gasteiger partial charge in [0.25, 0.3) is 0 Å². The second kappa shape index (κ2) is 6.56. The second-order valence-electron chi connectivity index (χ2n) is 4.30. The molecule has 0 aliphatic heterocycles. The standard InChI is InChI=1S/C14H13BF2O4/c1-20-11-3-5-14(12(7-11)15(18)19)21-8-9-6-10(16)2-4-13(9)17/h2-7,18-19H,8H2,1H3. The van der Waals surface area contributed by atoms with Gasteiger partial charge >= 0.3 is 7.12 Å². The zero-order valence-corrected chi connectivity index (χ0v) is 11.2. The van der Waals surface area contributed by atoms with E-state index in [-0.39, 0.29) is 23.4 Å². The van der Waals surface area contributed by atoms with Crippen LogP contribution in [0.25, 0.3) is 0 Å². The summed E-state index contributed by atoms with van der Waals surface area (Å²) in [4.78, 5) is 0. The van der Waals surface area contributed by atoms with Gasteiger partial charge in [-0.15, -0.1) is 0 Å². The quantitative estimate of drug-likeness (QED) is 0.814.